The van der Waals surface area contributed by atoms with Crippen molar-refractivity contribution in [1.29, 1.82) is 0 Å². The predicted molar refractivity (Wildman–Crippen MR) is 103 cm³/mol. The number of halogens is 3. The molecule has 4 nitrogen and oxygen atoms in total. The van der Waals surface area contributed by atoms with Gasteiger partial charge >= 0.3 is 0 Å². The number of nitrogens with one attached hydrogen (secondary N) is 1. The molecule has 0 spiro atoms. The van der Waals surface area contributed by atoms with Crippen LogP contribution >= 0.6 is 23.2 Å². The molecule has 7 heteroatoms. The second-order valence-electron chi connectivity index (χ2n) is 5.79. The fraction of sp³-hybridized carbons (Fsp3) is 0.100. The van der Waals surface area contributed by atoms with Crippen LogP contribution in [-0.4, -0.2) is 10.9 Å². The van der Waals surface area contributed by atoms with Crippen LogP contribution in [0.2, 0.25) is 10.0 Å². The molecule has 27 heavy (non-hydrogen) atoms. The predicted octanol–water partition coefficient (Wildman–Crippen LogP) is 5.81. The van der Waals surface area contributed by atoms with Crippen molar-refractivity contribution in [2.24, 2.45) is 0 Å². The van der Waals surface area contributed by atoms with E-state index in [1.165, 1.54) is 24.4 Å². The van der Waals surface area contributed by atoms with E-state index >= 15 is 0 Å². The number of benzene rings is 2. The summed E-state index contributed by atoms with van der Waals surface area (Å²) in [4.78, 5) is 16.8. The highest BCUT2D eigenvalue weighted by molar-refractivity contribution is 6.32. The van der Waals surface area contributed by atoms with Crippen LogP contribution in [0.15, 0.2) is 60.8 Å². The van der Waals surface area contributed by atoms with E-state index in [-0.39, 0.29) is 33.3 Å². The molecule has 0 aliphatic heterocycles. The van der Waals surface area contributed by atoms with Crippen molar-refractivity contribution in [2.45, 2.75) is 13.0 Å². The van der Waals surface area contributed by atoms with Gasteiger partial charge < -0.3 is 10.1 Å². The lowest BCUT2D eigenvalue weighted by Crippen LogP contribution is -2.27. The van der Waals surface area contributed by atoms with Crippen LogP contribution in [-0.2, 0) is 0 Å². The average molecular weight is 405 g/mol. The number of rotatable bonds is 5. The molecule has 0 radical (unpaired) electrons. The van der Waals surface area contributed by atoms with Crippen LogP contribution in [0.3, 0.4) is 0 Å². The van der Waals surface area contributed by atoms with Crippen molar-refractivity contribution in [3.8, 4) is 11.6 Å². The number of carbonyl (C=O) groups excluding carboxylic acids is 1. The van der Waals surface area contributed by atoms with E-state index in [9.17, 15) is 9.18 Å². The molecule has 1 heterocycles. The minimum absolute atomic E-state index is 0.0235. The summed E-state index contributed by atoms with van der Waals surface area (Å²) in [5, 5.41) is 3.33. The Balaban J connectivity index is 1.87. The average Bonchev–Trinajstić information content (AvgIpc) is 2.66. The van der Waals surface area contributed by atoms with Gasteiger partial charge in [-0.2, -0.15) is 0 Å². The molecule has 1 atom stereocenters. The van der Waals surface area contributed by atoms with Crippen molar-refractivity contribution in [3.63, 3.8) is 0 Å². The largest absolute Gasteiger partial charge is 0.436 e. The van der Waals surface area contributed by atoms with Crippen LogP contribution < -0.4 is 10.1 Å². The molecule has 1 amide bonds. The Hall–Kier alpha value is -2.63. The Morgan fingerprint density at radius 2 is 1.89 bits per heavy atom. The highest BCUT2D eigenvalue weighted by Gasteiger charge is 2.19. The van der Waals surface area contributed by atoms with Crippen molar-refractivity contribution in [1.82, 2.24) is 10.3 Å². The zero-order chi connectivity index (χ0) is 19.4. The topological polar surface area (TPSA) is 51.2 Å². The number of aromatic nitrogens is 1. The quantitative estimate of drug-likeness (QED) is 0.583. The second-order valence-corrected chi connectivity index (χ2v) is 6.63. The fourth-order valence-electron chi connectivity index (χ4n) is 2.43. The summed E-state index contributed by atoms with van der Waals surface area (Å²) in [5.41, 5.74) is 1.06. The fourth-order valence-corrected chi connectivity index (χ4v) is 2.74. The zero-order valence-electron chi connectivity index (χ0n) is 14.2. The van der Waals surface area contributed by atoms with Gasteiger partial charge in [-0.15, -0.1) is 0 Å². The Morgan fingerprint density at radius 1 is 1.15 bits per heavy atom. The first-order valence-corrected chi connectivity index (χ1v) is 8.84. The number of amides is 1. The summed E-state index contributed by atoms with van der Waals surface area (Å²) in [6, 6.07) is 14.4. The standard InChI is InChI=1S/C20H15Cl2FN2O2/c1-12(13-5-3-2-4-6-13)25-19(26)16-9-14(21)11-24-20(16)27-18-10-15(23)7-8-17(18)22/h2-12H,1H3,(H,25,26)/t12-/m0/s1. The van der Waals surface area contributed by atoms with Crippen molar-refractivity contribution in [3.05, 3.63) is 87.8 Å². The summed E-state index contributed by atoms with van der Waals surface area (Å²) in [7, 11) is 0. The molecule has 0 fully saturated rings. The van der Waals surface area contributed by atoms with E-state index < -0.39 is 11.7 Å². The third kappa shape index (κ3) is 4.76. The van der Waals surface area contributed by atoms with Crippen molar-refractivity contribution < 1.29 is 13.9 Å². The lowest BCUT2D eigenvalue weighted by molar-refractivity contribution is 0.0937. The van der Waals surface area contributed by atoms with Crippen LogP contribution in [0, 0.1) is 5.82 Å². The van der Waals surface area contributed by atoms with Crippen molar-refractivity contribution >= 4 is 29.1 Å². The Labute approximate surface area is 165 Å². The number of hydrogen-bond acceptors (Lipinski definition) is 3. The SMILES string of the molecule is C[C@H](NC(=O)c1cc(Cl)cnc1Oc1cc(F)ccc1Cl)c1ccccc1. The molecule has 3 rings (SSSR count). The maximum absolute atomic E-state index is 13.5. The van der Waals surface area contributed by atoms with E-state index in [2.05, 4.69) is 10.3 Å². The molecule has 0 saturated carbocycles. The highest BCUT2D eigenvalue weighted by Crippen LogP contribution is 2.31. The van der Waals surface area contributed by atoms with Gasteiger partial charge in [0.2, 0.25) is 5.88 Å². The molecule has 0 unspecified atom stereocenters. The van der Waals surface area contributed by atoms with Crippen LogP contribution in [0.1, 0.15) is 28.9 Å². The summed E-state index contributed by atoms with van der Waals surface area (Å²) in [6.45, 7) is 1.86. The monoisotopic (exact) mass is 404 g/mol. The van der Waals surface area contributed by atoms with Gasteiger partial charge in [0, 0.05) is 12.3 Å². The molecule has 0 saturated heterocycles. The van der Waals surface area contributed by atoms with Crippen LogP contribution in [0.4, 0.5) is 4.39 Å². The van der Waals surface area contributed by atoms with E-state index in [1.54, 1.807) is 0 Å². The third-order valence-corrected chi connectivity index (χ3v) is 4.33. The van der Waals surface area contributed by atoms with Gasteiger partial charge in [0.15, 0.2) is 5.75 Å². The smallest absolute Gasteiger partial charge is 0.257 e. The normalized spacial score (nSPS) is 11.7. The second kappa shape index (κ2) is 8.37. The summed E-state index contributed by atoms with van der Waals surface area (Å²) < 4.78 is 19.1. The Kier molecular flexibility index (Phi) is 5.94. The lowest BCUT2D eigenvalue weighted by Gasteiger charge is -2.16. The molecule has 1 aromatic heterocycles. The molecule has 0 aliphatic rings. The Morgan fingerprint density at radius 3 is 2.63 bits per heavy atom. The maximum atomic E-state index is 13.5. The molecule has 0 aliphatic carbocycles. The first kappa shape index (κ1) is 19.1. The number of ether oxygens (including phenoxy) is 1. The molecule has 1 N–H and O–H groups in total. The van der Waals surface area contributed by atoms with Gasteiger partial charge in [-0.1, -0.05) is 53.5 Å². The minimum atomic E-state index is -0.521. The molecule has 2 aromatic carbocycles. The van der Waals surface area contributed by atoms with Gasteiger partial charge in [0.25, 0.3) is 5.91 Å². The van der Waals surface area contributed by atoms with E-state index in [0.29, 0.717) is 0 Å². The number of hydrogen-bond donors (Lipinski definition) is 1. The van der Waals surface area contributed by atoms with Gasteiger partial charge in [-0.05, 0) is 30.7 Å². The first-order valence-electron chi connectivity index (χ1n) is 8.08. The van der Waals surface area contributed by atoms with Gasteiger partial charge in [-0.3, -0.25) is 4.79 Å². The number of carbonyl (C=O) groups is 1. The van der Waals surface area contributed by atoms with Gasteiger partial charge in [-0.25, -0.2) is 9.37 Å². The van der Waals surface area contributed by atoms with Gasteiger partial charge in [0.05, 0.1) is 16.1 Å². The van der Waals surface area contributed by atoms with E-state index in [0.717, 1.165) is 11.6 Å². The molecule has 3 aromatic rings. The van der Waals surface area contributed by atoms with Gasteiger partial charge in [0.1, 0.15) is 11.4 Å². The van der Waals surface area contributed by atoms with E-state index in [4.69, 9.17) is 27.9 Å². The van der Waals surface area contributed by atoms with E-state index in [1.807, 2.05) is 37.3 Å². The summed E-state index contributed by atoms with van der Waals surface area (Å²) >= 11 is 12.0. The molecule has 138 valence electrons. The zero-order valence-corrected chi connectivity index (χ0v) is 15.8. The summed E-state index contributed by atoms with van der Waals surface area (Å²) in [6.07, 6.45) is 1.33. The molecule has 0 bridgehead atoms. The maximum Gasteiger partial charge on any atom is 0.257 e. The highest BCUT2D eigenvalue weighted by atomic mass is 35.5. The summed E-state index contributed by atoms with van der Waals surface area (Å²) in [5.74, 6) is -0.919. The first-order chi connectivity index (χ1) is 12.9. The lowest BCUT2D eigenvalue weighted by atomic mass is 10.1. The molecular weight excluding hydrogens is 390 g/mol. The van der Waals surface area contributed by atoms with Crippen LogP contribution in [0.25, 0.3) is 0 Å². The third-order valence-electron chi connectivity index (χ3n) is 3.81. The molecular formula is C20H15Cl2FN2O2. The minimum Gasteiger partial charge on any atom is -0.436 e. The Bertz CT molecular complexity index is 967. The van der Waals surface area contributed by atoms with Crippen molar-refractivity contribution in [2.75, 3.05) is 0 Å². The number of pyridine rings is 1. The van der Waals surface area contributed by atoms with Crippen LogP contribution in [0.5, 0.6) is 11.6 Å². The number of nitrogens with zero attached hydrogens (tertiary/aromatic N) is 1.